The monoisotopic (exact) mass is 259 g/mol. The molecule has 0 radical (unpaired) electrons. The molecule has 0 aromatic carbocycles. The summed E-state index contributed by atoms with van der Waals surface area (Å²) in [6, 6.07) is 1.65. The van der Waals surface area contributed by atoms with Gasteiger partial charge in [0.05, 0.1) is 6.61 Å². The van der Waals surface area contributed by atoms with E-state index in [0.29, 0.717) is 5.56 Å². The Morgan fingerprint density at radius 2 is 2.18 bits per heavy atom. The molecule has 1 aromatic rings. The number of rotatable bonds is 4. The van der Waals surface area contributed by atoms with Crippen molar-refractivity contribution in [1.82, 2.24) is 4.98 Å². The number of nitrogens with zero attached hydrogens (tertiary/aromatic N) is 1. The summed E-state index contributed by atoms with van der Waals surface area (Å²) in [4.78, 5) is 15.7. The van der Waals surface area contributed by atoms with Gasteiger partial charge in [0.2, 0.25) is 0 Å². The quantitative estimate of drug-likeness (QED) is 0.840. The lowest BCUT2D eigenvalue weighted by molar-refractivity contribution is -0.166. The van der Waals surface area contributed by atoms with Crippen LogP contribution in [0.5, 0.6) is 0 Å². The van der Waals surface area contributed by atoms with E-state index in [9.17, 15) is 9.90 Å². The Balaban J connectivity index is 0.00000256. The second kappa shape index (κ2) is 6.57. The third-order valence-electron chi connectivity index (χ3n) is 2.59. The van der Waals surface area contributed by atoms with Gasteiger partial charge in [0, 0.05) is 18.0 Å². The second-order valence-electron chi connectivity index (χ2n) is 3.62. The van der Waals surface area contributed by atoms with E-state index in [1.165, 1.54) is 0 Å². The van der Waals surface area contributed by atoms with Crippen molar-refractivity contribution in [3.8, 4) is 0 Å². The molecule has 0 saturated heterocycles. The fraction of sp³-hybridized carbons (Fsp3) is 0.500. The first-order valence-corrected chi connectivity index (χ1v) is 5.37. The lowest BCUT2D eigenvalue weighted by atomic mass is 9.89. The molecule has 1 aromatic heterocycles. The average Bonchev–Trinajstić information content (AvgIpc) is 2.29. The van der Waals surface area contributed by atoms with E-state index in [-0.39, 0.29) is 25.4 Å². The number of carbonyl (C=O) groups excluding carboxylic acids is 1. The fourth-order valence-corrected chi connectivity index (χ4v) is 1.63. The molecule has 96 valence electrons. The number of pyridine rings is 1. The van der Waals surface area contributed by atoms with E-state index in [1.54, 1.807) is 32.3 Å². The van der Waals surface area contributed by atoms with Gasteiger partial charge in [-0.25, -0.2) is 4.79 Å². The molecule has 17 heavy (non-hydrogen) atoms. The highest BCUT2D eigenvalue weighted by atomic mass is 35.5. The summed E-state index contributed by atoms with van der Waals surface area (Å²) in [5, 5.41) is 10.4. The molecule has 0 aliphatic heterocycles. The van der Waals surface area contributed by atoms with Crippen LogP contribution in [0.25, 0.3) is 0 Å². The van der Waals surface area contributed by atoms with Crippen molar-refractivity contribution < 1.29 is 14.6 Å². The lowest BCUT2D eigenvalue weighted by Crippen LogP contribution is -2.37. The van der Waals surface area contributed by atoms with Gasteiger partial charge in [-0.3, -0.25) is 4.98 Å². The molecule has 5 heteroatoms. The second-order valence-corrected chi connectivity index (χ2v) is 3.62. The molecule has 0 aliphatic carbocycles. The van der Waals surface area contributed by atoms with Gasteiger partial charge in [0.15, 0.2) is 5.60 Å². The highest BCUT2D eigenvalue weighted by molar-refractivity contribution is 5.85. The molecule has 1 N–H and O–H groups in total. The van der Waals surface area contributed by atoms with Crippen LogP contribution in [0.1, 0.15) is 31.4 Å². The molecule has 0 saturated carbocycles. The van der Waals surface area contributed by atoms with Crippen molar-refractivity contribution >= 4 is 18.4 Å². The minimum atomic E-state index is -1.57. The molecule has 0 bridgehead atoms. The van der Waals surface area contributed by atoms with Gasteiger partial charge in [0.1, 0.15) is 0 Å². The number of hydrogen-bond acceptors (Lipinski definition) is 4. The van der Waals surface area contributed by atoms with Crippen LogP contribution >= 0.6 is 12.4 Å². The Hall–Kier alpha value is -1.13. The van der Waals surface area contributed by atoms with E-state index in [4.69, 9.17) is 4.74 Å². The van der Waals surface area contributed by atoms with Crippen molar-refractivity contribution in [3.05, 3.63) is 29.6 Å². The number of ether oxygens (including phenoxy) is 1. The van der Waals surface area contributed by atoms with Crippen molar-refractivity contribution in [2.75, 3.05) is 6.61 Å². The molecule has 0 amide bonds. The SMILES string of the molecule is CCOC(=O)C(O)(CC)c1ccncc1C.Cl. The molecular formula is C12H18ClNO3. The predicted molar refractivity (Wildman–Crippen MR) is 67.0 cm³/mol. The smallest absolute Gasteiger partial charge is 0.342 e. The summed E-state index contributed by atoms with van der Waals surface area (Å²) in [6.07, 6.45) is 3.45. The van der Waals surface area contributed by atoms with Crippen LogP contribution in [-0.4, -0.2) is 22.7 Å². The van der Waals surface area contributed by atoms with Crippen LogP contribution in [-0.2, 0) is 15.1 Å². The maximum atomic E-state index is 11.8. The van der Waals surface area contributed by atoms with Crippen LogP contribution in [0, 0.1) is 6.92 Å². The van der Waals surface area contributed by atoms with Crippen molar-refractivity contribution in [2.45, 2.75) is 32.8 Å². The summed E-state index contributed by atoms with van der Waals surface area (Å²) >= 11 is 0. The van der Waals surface area contributed by atoms with Gasteiger partial charge >= 0.3 is 5.97 Å². The number of hydrogen-bond donors (Lipinski definition) is 1. The Labute approximate surface area is 107 Å². The fourth-order valence-electron chi connectivity index (χ4n) is 1.63. The van der Waals surface area contributed by atoms with Gasteiger partial charge in [-0.2, -0.15) is 0 Å². The Morgan fingerprint density at radius 1 is 1.53 bits per heavy atom. The van der Waals surface area contributed by atoms with Crippen molar-refractivity contribution in [3.63, 3.8) is 0 Å². The standard InChI is InChI=1S/C12H17NO3.ClH/c1-4-12(15,11(14)16-5-2)10-6-7-13-8-9(10)3;/h6-8,15H,4-5H2,1-3H3;1H. The van der Waals surface area contributed by atoms with E-state index in [1.807, 2.05) is 6.92 Å². The van der Waals surface area contributed by atoms with E-state index >= 15 is 0 Å². The zero-order valence-electron chi connectivity index (χ0n) is 10.3. The third kappa shape index (κ3) is 3.17. The average molecular weight is 260 g/mol. The number of carbonyl (C=O) groups is 1. The molecule has 1 heterocycles. The Bertz CT molecular complexity index is 384. The molecule has 0 aliphatic rings. The molecular weight excluding hydrogens is 242 g/mol. The van der Waals surface area contributed by atoms with E-state index in [0.717, 1.165) is 5.56 Å². The highest BCUT2D eigenvalue weighted by Crippen LogP contribution is 2.28. The number of aromatic nitrogens is 1. The van der Waals surface area contributed by atoms with Gasteiger partial charge in [0.25, 0.3) is 0 Å². The van der Waals surface area contributed by atoms with Gasteiger partial charge in [-0.15, -0.1) is 12.4 Å². The first-order chi connectivity index (χ1) is 7.56. The molecule has 1 atom stereocenters. The summed E-state index contributed by atoms with van der Waals surface area (Å²) in [7, 11) is 0. The van der Waals surface area contributed by atoms with Gasteiger partial charge < -0.3 is 9.84 Å². The minimum Gasteiger partial charge on any atom is -0.464 e. The maximum Gasteiger partial charge on any atom is 0.342 e. The zero-order chi connectivity index (χ0) is 12.2. The molecule has 4 nitrogen and oxygen atoms in total. The number of esters is 1. The minimum absolute atomic E-state index is 0. The number of aliphatic hydroxyl groups is 1. The molecule has 1 unspecified atom stereocenters. The topological polar surface area (TPSA) is 59.4 Å². The van der Waals surface area contributed by atoms with Crippen LogP contribution in [0.2, 0.25) is 0 Å². The lowest BCUT2D eigenvalue weighted by Gasteiger charge is -2.26. The van der Waals surface area contributed by atoms with Crippen LogP contribution < -0.4 is 0 Å². The van der Waals surface area contributed by atoms with Crippen molar-refractivity contribution in [2.24, 2.45) is 0 Å². The number of aryl methyl sites for hydroxylation is 1. The summed E-state index contributed by atoms with van der Waals surface area (Å²) < 4.78 is 4.90. The van der Waals surface area contributed by atoms with Gasteiger partial charge in [-0.1, -0.05) is 6.92 Å². The van der Waals surface area contributed by atoms with Crippen LogP contribution in [0.4, 0.5) is 0 Å². The van der Waals surface area contributed by atoms with Crippen molar-refractivity contribution in [1.29, 1.82) is 0 Å². The van der Waals surface area contributed by atoms with E-state index in [2.05, 4.69) is 4.98 Å². The first kappa shape index (κ1) is 15.9. The van der Waals surface area contributed by atoms with E-state index < -0.39 is 11.6 Å². The summed E-state index contributed by atoms with van der Waals surface area (Å²) in [5.74, 6) is -0.605. The number of halogens is 1. The normalized spacial score (nSPS) is 13.4. The maximum absolute atomic E-state index is 11.8. The zero-order valence-corrected chi connectivity index (χ0v) is 11.1. The Morgan fingerprint density at radius 3 is 2.65 bits per heavy atom. The third-order valence-corrected chi connectivity index (χ3v) is 2.59. The Kier molecular flexibility index (Phi) is 6.13. The van der Waals surface area contributed by atoms with Crippen LogP contribution in [0.3, 0.4) is 0 Å². The predicted octanol–water partition coefficient (Wildman–Crippen LogP) is 1.97. The largest absolute Gasteiger partial charge is 0.464 e. The molecule has 1 rings (SSSR count). The van der Waals surface area contributed by atoms with Crippen LogP contribution in [0.15, 0.2) is 18.5 Å². The first-order valence-electron chi connectivity index (χ1n) is 5.37. The highest BCUT2D eigenvalue weighted by Gasteiger charge is 2.38. The molecule has 0 fully saturated rings. The van der Waals surface area contributed by atoms with Gasteiger partial charge in [-0.05, 0) is 31.9 Å². The summed E-state index contributed by atoms with van der Waals surface area (Å²) in [5.41, 5.74) is -0.230. The molecule has 0 spiro atoms. The summed E-state index contributed by atoms with van der Waals surface area (Å²) in [6.45, 7) is 5.53.